The number of hydrogen-bond donors (Lipinski definition) is 3. The zero-order chi connectivity index (χ0) is 37.3. The van der Waals surface area contributed by atoms with Gasteiger partial charge in [0, 0.05) is 46.8 Å². The van der Waals surface area contributed by atoms with Crippen molar-refractivity contribution < 1.29 is 61.7 Å². The molecule has 274 valence electrons. The zero-order valence-corrected chi connectivity index (χ0v) is 29.1. The Labute approximate surface area is 293 Å². The van der Waals surface area contributed by atoms with Crippen LogP contribution in [0.1, 0.15) is 39.3 Å². The van der Waals surface area contributed by atoms with Crippen LogP contribution in [0.4, 0.5) is 13.2 Å². The number of aliphatic hydroxyl groups excluding tert-OH is 1. The lowest BCUT2D eigenvalue weighted by Crippen LogP contribution is -2.42. The average molecular weight is 738 g/mol. The Balaban J connectivity index is 1.59. The second-order valence-electron chi connectivity index (χ2n) is 12.8. The number of phenolic OH excluding ortho intramolecular Hbond substituents is 2. The van der Waals surface area contributed by atoms with Crippen LogP contribution in [0.25, 0.3) is 32.3 Å². The highest BCUT2D eigenvalue weighted by atomic mass is 35.5. The molecule has 0 bridgehead atoms. The van der Waals surface area contributed by atoms with Crippen LogP contribution in [0.2, 0.25) is 5.02 Å². The van der Waals surface area contributed by atoms with Gasteiger partial charge in [0.1, 0.15) is 40.8 Å². The van der Waals surface area contributed by atoms with E-state index in [4.69, 9.17) is 35.3 Å². The number of hydrogen-bond acceptors (Lipinski definition) is 11. The summed E-state index contributed by atoms with van der Waals surface area (Å²) in [4.78, 5) is 26.9. The van der Waals surface area contributed by atoms with Crippen LogP contribution >= 0.6 is 11.6 Å². The lowest BCUT2D eigenvalue weighted by Gasteiger charge is -2.31. The average Bonchev–Trinajstić information content (AvgIpc) is 3.37. The number of rotatable bonds is 8. The number of ether oxygens (including phenoxy) is 6. The van der Waals surface area contributed by atoms with E-state index in [0.717, 1.165) is 6.07 Å². The summed E-state index contributed by atoms with van der Waals surface area (Å²) in [5, 5.41) is 35.2. The van der Waals surface area contributed by atoms with Gasteiger partial charge in [-0.25, -0.2) is 4.79 Å². The number of aromatic hydroxyl groups is 2. The molecule has 0 spiro atoms. The highest BCUT2D eigenvalue weighted by molar-refractivity contribution is 6.38. The Morgan fingerprint density at radius 2 is 1.71 bits per heavy atom. The van der Waals surface area contributed by atoms with E-state index in [1.807, 2.05) is 6.92 Å². The van der Waals surface area contributed by atoms with Crippen molar-refractivity contribution in [2.75, 3.05) is 20.8 Å². The number of methoxy groups -OCH3 is 2. The number of carbonyl (C=O) groups excluding carboxylic acids is 1. The number of phenols is 2. The molecule has 1 fully saturated rings. The minimum Gasteiger partial charge on any atom is -0.507 e. The predicted molar refractivity (Wildman–Crippen MR) is 179 cm³/mol. The van der Waals surface area contributed by atoms with Crippen molar-refractivity contribution in [3.05, 3.63) is 50.6 Å². The number of aliphatic hydroxyl groups is 1. The first kappa shape index (κ1) is 36.4. The van der Waals surface area contributed by atoms with Crippen LogP contribution in [-0.2, 0) is 32.5 Å². The third-order valence-corrected chi connectivity index (χ3v) is 9.39. The Hall–Kier alpha value is -4.44. The largest absolute Gasteiger partial charge is 0.507 e. The van der Waals surface area contributed by atoms with E-state index in [9.17, 15) is 38.1 Å². The molecule has 2 heterocycles. The first-order valence-corrected chi connectivity index (χ1v) is 16.3. The molecule has 3 aromatic carbocycles. The third kappa shape index (κ3) is 6.05. The molecule has 0 saturated carbocycles. The van der Waals surface area contributed by atoms with Gasteiger partial charge in [-0.1, -0.05) is 24.9 Å². The summed E-state index contributed by atoms with van der Waals surface area (Å²) in [6.07, 6.45) is -7.63. The summed E-state index contributed by atoms with van der Waals surface area (Å²) in [6.45, 7) is 3.09. The molecular weight excluding hydrogens is 703 g/mol. The van der Waals surface area contributed by atoms with Crippen LogP contribution < -0.4 is 19.8 Å². The fraction of sp³-hybridized carbons (Fsp3) is 0.429. The van der Waals surface area contributed by atoms with E-state index >= 15 is 0 Å². The monoisotopic (exact) mass is 737 g/mol. The first-order chi connectivity index (χ1) is 23.9. The minimum absolute atomic E-state index is 0.0162. The Morgan fingerprint density at radius 1 is 1.06 bits per heavy atom. The van der Waals surface area contributed by atoms with Gasteiger partial charge in [0.2, 0.25) is 0 Å². The summed E-state index contributed by atoms with van der Waals surface area (Å²) in [6, 6.07) is 4.15. The van der Waals surface area contributed by atoms with E-state index in [2.05, 4.69) is 4.74 Å². The van der Waals surface area contributed by atoms with Crippen molar-refractivity contribution in [3.8, 4) is 28.7 Å². The number of aromatic nitrogens is 1. The molecule has 4 aromatic rings. The van der Waals surface area contributed by atoms with Crippen LogP contribution in [0.5, 0.6) is 28.7 Å². The lowest BCUT2D eigenvalue weighted by molar-refractivity contribution is -0.185. The Kier molecular flexibility index (Phi) is 9.24. The van der Waals surface area contributed by atoms with Gasteiger partial charge in [-0.2, -0.15) is 13.2 Å². The van der Waals surface area contributed by atoms with Crippen LogP contribution in [0.15, 0.2) is 34.3 Å². The molecule has 3 N–H and O–H groups in total. The SMILES string of the molecule is CCCc1c(Cl)c2c(OC)c3ccc4c(OC)c(OC5=C(C(=O)OCC(F)(F)F)[C@H]6OC(C)(C)O[C@H]6C[C@@H]5O)cc(O)c4c3c(O)c2c(=O)n1C. The molecule has 3 atom stereocenters. The van der Waals surface area contributed by atoms with Crippen molar-refractivity contribution in [3.63, 3.8) is 0 Å². The summed E-state index contributed by atoms with van der Waals surface area (Å²) in [5.41, 5.74) is -0.550. The quantitative estimate of drug-likeness (QED) is 0.112. The van der Waals surface area contributed by atoms with E-state index < -0.39 is 71.2 Å². The van der Waals surface area contributed by atoms with E-state index in [0.29, 0.717) is 23.9 Å². The number of fused-ring (bicyclic) bond motifs is 5. The number of esters is 1. The maximum absolute atomic E-state index is 13.7. The van der Waals surface area contributed by atoms with Crippen molar-refractivity contribution in [2.24, 2.45) is 7.05 Å². The molecule has 0 radical (unpaired) electrons. The Bertz CT molecular complexity index is 2190. The molecule has 51 heavy (non-hydrogen) atoms. The number of halogens is 4. The molecule has 1 saturated heterocycles. The number of benzene rings is 3. The molecule has 1 aliphatic heterocycles. The van der Waals surface area contributed by atoms with E-state index in [1.54, 1.807) is 6.07 Å². The van der Waals surface area contributed by atoms with Gasteiger partial charge in [-0.3, -0.25) is 4.79 Å². The maximum atomic E-state index is 13.7. The van der Waals surface area contributed by atoms with E-state index in [1.165, 1.54) is 45.7 Å². The second kappa shape index (κ2) is 13.0. The van der Waals surface area contributed by atoms with Gasteiger partial charge in [0.25, 0.3) is 5.56 Å². The predicted octanol–water partition coefficient (Wildman–Crippen LogP) is 5.90. The van der Waals surface area contributed by atoms with Crippen molar-refractivity contribution in [1.29, 1.82) is 0 Å². The summed E-state index contributed by atoms with van der Waals surface area (Å²) >= 11 is 6.83. The van der Waals surface area contributed by atoms with Gasteiger partial charge in [0.05, 0.1) is 36.1 Å². The van der Waals surface area contributed by atoms with Gasteiger partial charge in [-0.15, -0.1) is 0 Å². The van der Waals surface area contributed by atoms with Crippen molar-refractivity contribution in [2.45, 2.75) is 70.3 Å². The highest BCUT2D eigenvalue weighted by Gasteiger charge is 2.52. The number of alkyl halides is 3. The summed E-state index contributed by atoms with van der Waals surface area (Å²) < 4.78 is 74.1. The molecule has 2 aliphatic rings. The highest BCUT2D eigenvalue weighted by Crippen LogP contribution is 2.52. The number of pyridine rings is 1. The van der Waals surface area contributed by atoms with Gasteiger partial charge in [0.15, 0.2) is 23.9 Å². The molecule has 1 aromatic heterocycles. The molecule has 0 unspecified atom stereocenters. The van der Waals surface area contributed by atoms with Crippen molar-refractivity contribution >= 4 is 49.9 Å². The lowest BCUT2D eigenvalue weighted by atomic mass is 9.90. The van der Waals surface area contributed by atoms with Gasteiger partial charge < -0.3 is 48.3 Å². The smallest absolute Gasteiger partial charge is 0.422 e. The minimum atomic E-state index is -4.85. The van der Waals surface area contributed by atoms with E-state index in [-0.39, 0.29) is 55.6 Å². The second-order valence-corrected chi connectivity index (χ2v) is 13.1. The summed E-state index contributed by atoms with van der Waals surface area (Å²) in [7, 11) is 4.19. The fourth-order valence-electron chi connectivity index (χ4n) is 6.97. The van der Waals surface area contributed by atoms with Crippen LogP contribution in [0, 0.1) is 0 Å². The summed E-state index contributed by atoms with van der Waals surface area (Å²) in [5.74, 6) is -4.37. The third-order valence-electron chi connectivity index (χ3n) is 8.98. The Morgan fingerprint density at radius 3 is 2.31 bits per heavy atom. The number of carbonyl (C=O) groups is 1. The number of nitrogens with zero attached hydrogens (tertiary/aromatic N) is 1. The molecule has 1 aliphatic carbocycles. The van der Waals surface area contributed by atoms with Gasteiger partial charge in [-0.05, 0) is 32.4 Å². The molecule has 0 amide bonds. The molecule has 16 heteroatoms. The van der Waals surface area contributed by atoms with Crippen LogP contribution in [0.3, 0.4) is 0 Å². The molecule has 12 nitrogen and oxygen atoms in total. The maximum Gasteiger partial charge on any atom is 0.422 e. The molecular formula is C35H35ClF3NO11. The van der Waals surface area contributed by atoms with Gasteiger partial charge >= 0.3 is 12.1 Å². The normalized spacial score (nSPS) is 20.3. The first-order valence-electron chi connectivity index (χ1n) is 15.9. The van der Waals surface area contributed by atoms with Crippen molar-refractivity contribution in [1.82, 2.24) is 4.57 Å². The molecule has 6 rings (SSSR count). The zero-order valence-electron chi connectivity index (χ0n) is 28.4. The van der Waals surface area contributed by atoms with Crippen LogP contribution in [-0.4, -0.2) is 77.0 Å². The standard InChI is InChI=1S/C35H35ClF3NO11/c1-7-8-16-26(36)23-24(32(44)40(16)4)27(43)22-15(29(23)47-6)10-9-14-21(22)17(41)11-19(28(14)46-5)49-30-18(42)12-20-31(51-34(2,3)50-20)25(30)33(45)48-13-35(37,38)39/h9-11,18,20,31,41-43H,7-8,12-13H2,1-6H3/t18-,20-,31-/m0/s1. The topological polar surface area (TPSA) is 155 Å². The fourth-order valence-corrected chi connectivity index (χ4v) is 7.38.